The number of carboxylic acid groups (broad SMARTS) is 1. The van der Waals surface area contributed by atoms with Crippen LogP contribution in [0.2, 0.25) is 0 Å². The van der Waals surface area contributed by atoms with Crippen LogP contribution in [-0.2, 0) is 0 Å². The van der Waals surface area contributed by atoms with Crippen LogP contribution < -0.4 is 5.32 Å². The maximum atomic E-state index is 11.2. The summed E-state index contributed by atoms with van der Waals surface area (Å²) in [4.78, 5) is 11.2. The lowest BCUT2D eigenvalue weighted by atomic mass is 10.1. The molecule has 0 radical (unpaired) electrons. The van der Waals surface area contributed by atoms with Crippen molar-refractivity contribution in [3.05, 3.63) is 16.8 Å². The molecule has 0 bridgehead atoms. The summed E-state index contributed by atoms with van der Waals surface area (Å²) in [5.41, 5.74) is 1.87. The Morgan fingerprint density at radius 3 is 2.59 bits per heavy atom. The van der Waals surface area contributed by atoms with Crippen LogP contribution in [0.4, 0.5) is 5.82 Å². The van der Waals surface area contributed by atoms with Crippen LogP contribution in [0.25, 0.3) is 0 Å². The largest absolute Gasteiger partial charge is 0.478 e. The minimum absolute atomic E-state index is 0.238. The molecule has 1 heterocycles. The molecule has 1 aliphatic carbocycles. The van der Waals surface area contributed by atoms with E-state index in [9.17, 15) is 9.90 Å². The normalized spacial score (nSPS) is 16.6. The van der Waals surface area contributed by atoms with E-state index in [0.717, 1.165) is 6.54 Å². The summed E-state index contributed by atoms with van der Waals surface area (Å²) in [5, 5.41) is 20.2. The fourth-order valence-corrected chi connectivity index (χ4v) is 1.68. The van der Waals surface area contributed by atoms with Crippen LogP contribution in [0.5, 0.6) is 0 Å². The van der Waals surface area contributed by atoms with Gasteiger partial charge in [-0.1, -0.05) is 6.92 Å². The highest BCUT2D eigenvalue weighted by Crippen LogP contribution is 2.44. The fourth-order valence-electron chi connectivity index (χ4n) is 1.68. The quantitative estimate of drug-likeness (QED) is 0.834. The van der Waals surface area contributed by atoms with E-state index in [0.29, 0.717) is 22.5 Å². The summed E-state index contributed by atoms with van der Waals surface area (Å²) >= 11 is 0. The van der Waals surface area contributed by atoms with Gasteiger partial charge in [-0.2, -0.15) is 5.10 Å². The number of aromatic carboxylic acids is 1. The minimum atomic E-state index is -0.955. The second kappa shape index (κ2) is 3.98. The van der Waals surface area contributed by atoms with Crippen LogP contribution in [0, 0.1) is 19.3 Å². The van der Waals surface area contributed by atoms with Crippen LogP contribution in [0.1, 0.15) is 41.4 Å². The first-order valence-corrected chi connectivity index (χ1v) is 5.74. The van der Waals surface area contributed by atoms with Crippen LogP contribution in [0.15, 0.2) is 0 Å². The van der Waals surface area contributed by atoms with Crippen molar-refractivity contribution in [3.63, 3.8) is 0 Å². The lowest BCUT2D eigenvalue weighted by Crippen LogP contribution is -2.17. The van der Waals surface area contributed by atoms with Gasteiger partial charge in [-0.3, -0.25) is 0 Å². The number of hydrogen-bond acceptors (Lipinski definition) is 4. The van der Waals surface area contributed by atoms with E-state index in [4.69, 9.17) is 0 Å². The molecule has 5 heteroatoms. The Morgan fingerprint density at radius 1 is 1.41 bits per heavy atom. The number of carbonyl (C=O) groups is 1. The standard InChI is InChI=1S/C12H17N3O2/c1-7-8(2)14-15-10(9(7)11(16)17)13-6-12(3)4-5-12/h4-6H2,1-3H3,(H,13,15)(H,16,17). The second-order valence-corrected chi connectivity index (χ2v) is 5.10. The number of nitrogens with one attached hydrogen (secondary N) is 1. The molecule has 1 fully saturated rings. The van der Waals surface area contributed by atoms with Crippen LogP contribution >= 0.6 is 0 Å². The van der Waals surface area contributed by atoms with Gasteiger partial charge in [0.15, 0.2) is 5.82 Å². The Labute approximate surface area is 100 Å². The van der Waals surface area contributed by atoms with E-state index in [1.165, 1.54) is 12.8 Å². The SMILES string of the molecule is Cc1nnc(NCC2(C)CC2)c(C(=O)O)c1C. The van der Waals surface area contributed by atoms with E-state index >= 15 is 0 Å². The maximum absolute atomic E-state index is 11.2. The first-order valence-electron chi connectivity index (χ1n) is 5.74. The fraction of sp³-hybridized carbons (Fsp3) is 0.583. The number of anilines is 1. The Morgan fingerprint density at radius 2 is 2.06 bits per heavy atom. The Kier molecular flexibility index (Phi) is 2.77. The van der Waals surface area contributed by atoms with Gasteiger partial charge in [0.2, 0.25) is 0 Å². The summed E-state index contributed by atoms with van der Waals surface area (Å²) in [6, 6.07) is 0. The number of aryl methyl sites for hydroxylation is 1. The molecule has 1 saturated carbocycles. The number of hydrogen-bond donors (Lipinski definition) is 2. The van der Waals surface area contributed by atoms with Crippen molar-refractivity contribution >= 4 is 11.8 Å². The van der Waals surface area contributed by atoms with Crippen molar-refractivity contribution in [2.45, 2.75) is 33.6 Å². The number of rotatable bonds is 4. The molecule has 0 atom stereocenters. The molecule has 0 spiro atoms. The molecular formula is C12H17N3O2. The van der Waals surface area contributed by atoms with Gasteiger partial charge < -0.3 is 10.4 Å². The van der Waals surface area contributed by atoms with E-state index < -0.39 is 5.97 Å². The van der Waals surface area contributed by atoms with Gasteiger partial charge in [0.1, 0.15) is 5.56 Å². The predicted molar refractivity (Wildman–Crippen MR) is 64.3 cm³/mol. The molecule has 0 unspecified atom stereocenters. The van der Waals surface area contributed by atoms with Crippen molar-refractivity contribution in [2.24, 2.45) is 5.41 Å². The Hall–Kier alpha value is -1.65. The zero-order valence-corrected chi connectivity index (χ0v) is 10.4. The van der Waals surface area contributed by atoms with Gasteiger partial charge in [0.25, 0.3) is 0 Å². The molecule has 2 N–H and O–H groups in total. The van der Waals surface area contributed by atoms with Crippen molar-refractivity contribution in [2.75, 3.05) is 11.9 Å². The molecule has 1 aromatic rings. The third-order valence-electron chi connectivity index (χ3n) is 3.45. The smallest absolute Gasteiger partial charge is 0.339 e. The summed E-state index contributed by atoms with van der Waals surface area (Å²) in [7, 11) is 0. The summed E-state index contributed by atoms with van der Waals surface area (Å²) in [6.07, 6.45) is 2.36. The van der Waals surface area contributed by atoms with Crippen molar-refractivity contribution in [3.8, 4) is 0 Å². The topological polar surface area (TPSA) is 75.1 Å². The molecule has 0 aromatic carbocycles. The van der Waals surface area contributed by atoms with E-state index in [-0.39, 0.29) is 5.56 Å². The minimum Gasteiger partial charge on any atom is -0.478 e. The summed E-state index contributed by atoms with van der Waals surface area (Å²) in [5.74, 6) is -0.572. The second-order valence-electron chi connectivity index (χ2n) is 5.10. The summed E-state index contributed by atoms with van der Waals surface area (Å²) < 4.78 is 0. The summed E-state index contributed by atoms with van der Waals surface area (Å²) in [6.45, 7) is 6.46. The molecule has 1 aliphatic rings. The van der Waals surface area contributed by atoms with Gasteiger partial charge in [0.05, 0.1) is 5.69 Å². The van der Waals surface area contributed by atoms with Crippen LogP contribution in [0.3, 0.4) is 0 Å². The molecule has 2 rings (SSSR count). The zero-order valence-electron chi connectivity index (χ0n) is 10.4. The molecule has 0 amide bonds. The number of carboxylic acids is 1. The molecule has 1 aromatic heterocycles. The lowest BCUT2D eigenvalue weighted by molar-refractivity contribution is 0.0696. The van der Waals surface area contributed by atoms with Crippen LogP contribution in [-0.4, -0.2) is 27.8 Å². The van der Waals surface area contributed by atoms with Gasteiger partial charge in [0, 0.05) is 6.54 Å². The number of nitrogens with zero attached hydrogens (tertiary/aromatic N) is 2. The highest BCUT2D eigenvalue weighted by Gasteiger charge is 2.37. The average molecular weight is 235 g/mol. The lowest BCUT2D eigenvalue weighted by Gasteiger charge is -2.13. The monoisotopic (exact) mass is 235 g/mol. The van der Waals surface area contributed by atoms with Gasteiger partial charge in [-0.05, 0) is 37.7 Å². The van der Waals surface area contributed by atoms with Crippen molar-refractivity contribution < 1.29 is 9.90 Å². The molecular weight excluding hydrogens is 218 g/mol. The van der Waals surface area contributed by atoms with Gasteiger partial charge in [-0.15, -0.1) is 5.10 Å². The number of aromatic nitrogens is 2. The third-order valence-corrected chi connectivity index (χ3v) is 3.45. The third kappa shape index (κ3) is 2.38. The first kappa shape index (κ1) is 11.8. The van der Waals surface area contributed by atoms with Gasteiger partial charge >= 0.3 is 5.97 Å². The van der Waals surface area contributed by atoms with E-state index in [1.807, 2.05) is 0 Å². The highest BCUT2D eigenvalue weighted by atomic mass is 16.4. The van der Waals surface area contributed by atoms with E-state index in [2.05, 4.69) is 22.4 Å². The highest BCUT2D eigenvalue weighted by molar-refractivity contribution is 5.94. The maximum Gasteiger partial charge on any atom is 0.339 e. The molecule has 92 valence electrons. The molecule has 5 nitrogen and oxygen atoms in total. The van der Waals surface area contributed by atoms with Crippen molar-refractivity contribution in [1.82, 2.24) is 10.2 Å². The molecule has 0 saturated heterocycles. The first-order chi connectivity index (χ1) is 7.93. The average Bonchev–Trinajstić information content (AvgIpc) is 2.98. The molecule has 0 aliphatic heterocycles. The Bertz CT molecular complexity index is 467. The van der Waals surface area contributed by atoms with Gasteiger partial charge in [-0.25, -0.2) is 4.79 Å². The predicted octanol–water partition coefficient (Wildman–Crippen LogP) is 2.00. The van der Waals surface area contributed by atoms with Crippen molar-refractivity contribution in [1.29, 1.82) is 0 Å². The zero-order chi connectivity index (χ0) is 12.6. The Balaban J connectivity index is 2.26. The van der Waals surface area contributed by atoms with E-state index in [1.54, 1.807) is 13.8 Å². The molecule has 17 heavy (non-hydrogen) atoms.